The van der Waals surface area contributed by atoms with Gasteiger partial charge in [-0.3, -0.25) is 9.78 Å². The average Bonchev–Trinajstić information content (AvgIpc) is 3.18. The number of nitrogens with one attached hydrogen (secondary N) is 1. The minimum Gasteiger partial charge on any atom is -0.359 e. The van der Waals surface area contributed by atoms with E-state index in [1.54, 1.807) is 0 Å². The van der Waals surface area contributed by atoms with Crippen LogP contribution in [0.5, 0.6) is 0 Å². The van der Waals surface area contributed by atoms with E-state index in [2.05, 4.69) is 26.0 Å². The standard InChI is InChI=1S/C23H21N5O/c1-14-15(2)27-21-12-17(5-6-19(21)26-14)23(29)28-10-7-16(8-11-28)18-13-25-20-4-3-9-24-22(18)20/h3-7,9,12-13,25H,8,10-11H2,1-2H3. The summed E-state index contributed by atoms with van der Waals surface area (Å²) >= 11 is 0. The van der Waals surface area contributed by atoms with E-state index < -0.39 is 0 Å². The molecule has 0 atom stereocenters. The van der Waals surface area contributed by atoms with Crippen molar-refractivity contribution in [3.05, 3.63) is 71.3 Å². The third-order valence-electron chi connectivity index (χ3n) is 5.60. The van der Waals surface area contributed by atoms with Crippen LogP contribution in [0.1, 0.15) is 33.7 Å². The SMILES string of the molecule is Cc1nc2ccc(C(=O)N3CC=C(c4c[nH]c5cccnc45)CC3)cc2nc1C. The van der Waals surface area contributed by atoms with Gasteiger partial charge in [0.1, 0.15) is 0 Å². The summed E-state index contributed by atoms with van der Waals surface area (Å²) in [7, 11) is 0. The molecule has 0 unspecified atom stereocenters. The highest BCUT2D eigenvalue weighted by molar-refractivity contribution is 5.98. The molecular formula is C23H21N5O. The van der Waals surface area contributed by atoms with Gasteiger partial charge in [-0.2, -0.15) is 0 Å². The lowest BCUT2D eigenvalue weighted by atomic mass is 10.0. The molecule has 1 aliphatic heterocycles. The number of carbonyl (C=O) groups is 1. The van der Waals surface area contributed by atoms with Gasteiger partial charge in [0.15, 0.2) is 0 Å². The van der Waals surface area contributed by atoms with Crippen LogP contribution in [0.4, 0.5) is 0 Å². The maximum atomic E-state index is 13.0. The molecule has 0 saturated heterocycles. The molecule has 0 aliphatic carbocycles. The fourth-order valence-electron chi connectivity index (χ4n) is 3.84. The molecular weight excluding hydrogens is 362 g/mol. The number of pyridine rings is 1. The van der Waals surface area contributed by atoms with Crippen molar-refractivity contribution in [3.8, 4) is 0 Å². The van der Waals surface area contributed by atoms with E-state index in [9.17, 15) is 4.79 Å². The van der Waals surface area contributed by atoms with E-state index in [0.29, 0.717) is 18.7 Å². The van der Waals surface area contributed by atoms with Crippen molar-refractivity contribution >= 4 is 33.5 Å². The normalized spacial score (nSPS) is 14.4. The topological polar surface area (TPSA) is 74.8 Å². The summed E-state index contributed by atoms with van der Waals surface area (Å²) in [6, 6.07) is 9.52. The first-order valence-corrected chi connectivity index (χ1v) is 9.76. The number of hydrogen-bond donors (Lipinski definition) is 1. The van der Waals surface area contributed by atoms with Crippen molar-refractivity contribution in [3.63, 3.8) is 0 Å². The number of nitrogens with zero attached hydrogens (tertiary/aromatic N) is 4. The molecule has 1 aliphatic rings. The number of aromatic nitrogens is 4. The highest BCUT2D eigenvalue weighted by Crippen LogP contribution is 2.28. The molecule has 144 valence electrons. The van der Waals surface area contributed by atoms with Crippen LogP contribution in [0.2, 0.25) is 0 Å². The number of aromatic amines is 1. The first-order valence-electron chi connectivity index (χ1n) is 9.76. The van der Waals surface area contributed by atoms with Gasteiger partial charge in [-0.15, -0.1) is 0 Å². The van der Waals surface area contributed by atoms with E-state index in [1.807, 2.05) is 61.5 Å². The Morgan fingerprint density at radius 3 is 2.72 bits per heavy atom. The Bertz CT molecular complexity index is 1290. The maximum Gasteiger partial charge on any atom is 0.254 e. The molecule has 1 amide bonds. The number of hydrogen-bond acceptors (Lipinski definition) is 4. The molecule has 1 aromatic carbocycles. The fourth-order valence-corrected chi connectivity index (χ4v) is 3.84. The van der Waals surface area contributed by atoms with Gasteiger partial charge < -0.3 is 9.88 Å². The van der Waals surface area contributed by atoms with Crippen molar-refractivity contribution < 1.29 is 4.79 Å². The van der Waals surface area contributed by atoms with E-state index in [4.69, 9.17) is 0 Å². The van der Waals surface area contributed by atoms with Crippen LogP contribution in [0.25, 0.3) is 27.6 Å². The predicted molar refractivity (Wildman–Crippen MR) is 114 cm³/mol. The second-order valence-electron chi connectivity index (χ2n) is 7.43. The maximum absolute atomic E-state index is 13.0. The monoisotopic (exact) mass is 383 g/mol. The Hall–Kier alpha value is -3.54. The number of H-pyrrole nitrogens is 1. The third-order valence-corrected chi connectivity index (χ3v) is 5.60. The molecule has 0 bridgehead atoms. The molecule has 4 aromatic rings. The summed E-state index contributed by atoms with van der Waals surface area (Å²) < 4.78 is 0. The van der Waals surface area contributed by atoms with E-state index in [-0.39, 0.29) is 5.91 Å². The second kappa shape index (κ2) is 6.81. The van der Waals surface area contributed by atoms with Crippen LogP contribution in [0.15, 0.2) is 48.8 Å². The van der Waals surface area contributed by atoms with Gasteiger partial charge in [0.2, 0.25) is 0 Å². The van der Waals surface area contributed by atoms with Crippen LogP contribution in [0, 0.1) is 13.8 Å². The lowest BCUT2D eigenvalue weighted by molar-refractivity contribution is 0.0773. The van der Waals surface area contributed by atoms with Crippen LogP contribution in [-0.2, 0) is 0 Å². The number of aryl methyl sites for hydroxylation is 2. The van der Waals surface area contributed by atoms with Crippen LogP contribution in [-0.4, -0.2) is 43.8 Å². The third kappa shape index (κ3) is 3.06. The summed E-state index contributed by atoms with van der Waals surface area (Å²) in [5, 5.41) is 0. The number of amides is 1. The number of fused-ring (bicyclic) bond motifs is 2. The van der Waals surface area contributed by atoms with E-state index in [1.165, 1.54) is 5.57 Å². The molecule has 6 heteroatoms. The number of carbonyl (C=O) groups excluding carboxylic acids is 1. The minimum atomic E-state index is 0.0271. The van der Waals surface area contributed by atoms with Gasteiger partial charge in [-0.1, -0.05) is 6.08 Å². The van der Waals surface area contributed by atoms with Crippen molar-refractivity contribution in [2.45, 2.75) is 20.3 Å². The predicted octanol–water partition coefficient (Wildman–Crippen LogP) is 4.05. The van der Waals surface area contributed by atoms with E-state index in [0.717, 1.165) is 45.4 Å². The fraction of sp³-hybridized carbons (Fsp3) is 0.217. The van der Waals surface area contributed by atoms with Crippen LogP contribution >= 0.6 is 0 Å². The zero-order valence-corrected chi connectivity index (χ0v) is 16.4. The molecule has 6 nitrogen and oxygen atoms in total. The molecule has 3 aromatic heterocycles. The highest BCUT2D eigenvalue weighted by Gasteiger charge is 2.21. The van der Waals surface area contributed by atoms with Crippen molar-refractivity contribution in [1.82, 2.24) is 24.8 Å². The molecule has 4 heterocycles. The summed E-state index contributed by atoms with van der Waals surface area (Å²) in [5.41, 5.74) is 8.41. The first-order chi connectivity index (χ1) is 14.1. The minimum absolute atomic E-state index is 0.0271. The zero-order chi connectivity index (χ0) is 20.0. The van der Waals surface area contributed by atoms with Gasteiger partial charge >= 0.3 is 0 Å². The van der Waals surface area contributed by atoms with Crippen LogP contribution < -0.4 is 0 Å². The Kier molecular flexibility index (Phi) is 4.12. The average molecular weight is 383 g/mol. The van der Waals surface area contributed by atoms with Gasteiger partial charge in [0.25, 0.3) is 5.91 Å². The molecule has 1 N–H and O–H groups in total. The Morgan fingerprint density at radius 2 is 1.93 bits per heavy atom. The molecule has 29 heavy (non-hydrogen) atoms. The lowest BCUT2D eigenvalue weighted by Gasteiger charge is -2.26. The van der Waals surface area contributed by atoms with Crippen LogP contribution in [0.3, 0.4) is 0 Å². The van der Waals surface area contributed by atoms with Gasteiger partial charge in [0.05, 0.1) is 33.5 Å². The number of rotatable bonds is 2. The Morgan fingerprint density at radius 1 is 1.10 bits per heavy atom. The van der Waals surface area contributed by atoms with Gasteiger partial charge in [-0.25, -0.2) is 9.97 Å². The van der Waals surface area contributed by atoms with Gasteiger partial charge in [-0.05, 0) is 56.2 Å². The highest BCUT2D eigenvalue weighted by atomic mass is 16.2. The van der Waals surface area contributed by atoms with Gasteiger partial charge in [0, 0.05) is 36.6 Å². The molecule has 0 fully saturated rings. The molecule has 0 saturated carbocycles. The zero-order valence-electron chi connectivity index (χ0n) is 16.4. The summed E-state index contributed by atoms with van der Waals surface area (Å²) in [6.45, 7) is 5.15. The lowest BCUT2D eigenvalue weighted by Crippen LogP contribution is -2.34. The molecule has 0 radical (unpaired) electrons. The van der Waals surface area contributed by atoms with E-state index >= 15 is 0 Å². The quantitative estimate of drug-likeness (QED) is 0.567. The second-order valence-corrected chi connectivity index (χ2v) is 7.43. The molecule has 5 rings (SSSR count). The van der Waals surface area contributed by atoms with Crippen molar-refractivity contribution in [2.75, 3.05) is 13.1 Å². The summed E-state index contributed by atoms with van der Waals surface area (Å²) in [6.07, 6.45) is 6.76. The Labute approximate surface area is 168 Å². The summed E-state index contributed by atoms with van der Waals surface area (Å²) in [5.74, 6) is 0.0271. The number of benzene rings is 1. The van der Waals surface area contributed by atoms with Crippen molar-refractivity contribution in [2.24, 2.45) is 0 Å². The largest absolute Gasteiger partial charge is 0.359 e. The Balaban J connectivity index is 1.39. The summed E-state index contributed by atoms with van der Waals surface area (Å²) in [4.78, 5) is 31.8. The van der Waals surface area contributed by atoms with Crippen molar-refractivity contribution in [1.29, 1.82) is 0 Å². The molecule has 0 spiro atoms. The first kappa shape index (κ1) is 17.6. The smallest absolute Gasteiger partial charge is 0.254 e.